The smallest absolute Gasteiger partial charge is 0.303 e. The van der Waals surface area contributed by atoms with Gasteiger partial charge in [0, 0.05) is 43.7 Å². The van der Waals surface area contributed by atoms with E-state index in [4.69, 9.17) is 5.10 Å². The Balaban J connectivity index is 1.31. The standard InChI is InChI=1S/C33H44F4N4O4/c1-5-41-28(25-11-6-7-12-27(25)38-41)21-13-15-39(16-14-21)18-23-19-40(20-26(23)22-9-8-10-24(34)17-22)29(32(2,3)4)30(42)44-45-31(43)33(35,36)37/h8-10,17,21,23,26,29H,5-7,11-16,18-20H2,1-4H3/t23-,26+,29-/m0/s1. The average molecular weight is 637 g/mol. The number of nitrogens with zero attached hydrogens (tertiary/aromatic N) is 4. The van der Waals surface area contributed by atoms with Crippen LogP contribution in [-0.2, 0) is 38.8 Å². The number of carbonyl (C=O) groups excluding carboxylic acids is 2. The highest BCUT2D eigenvalue weighted by Crippen LogP contribution is 2.40. The van der Waals surface area contributed by atoms with E-state index in [9.17, 15) is 27.2 Å². The Labute approximate surface area is 261 Å². The Hall–Kier alpha value is -2.99. The van der Waals surface area contributed by atoms with Crippen molar-refractivity contribution in [3.8, 4) is 0 Å². The van der Waals surface area contributed by atoms with Crippen LogP contribution in [0, 0.1) is 17.2 Å². The van der Waals surface area contributed by atoms with Gasteiger partial charge in [0.05, 0.1) is 5.69 Å². The second-order valence-electron chi connectivity index (χ2n) is 13.8. The van der Waals surface area contributed by atoms with E-state index < -0.39 is 29.6 Å². The van der Waals surface area contributed by atoms with Gasteiger partial charge in [-0.1, -0.05) is 32.9 Å². The number of likely N-dealkylation sites (tertiary alicyclic amines) is 2. The summed E-state index contributed by atoms with van der Waals surface area (Å²) < 4.78 is 54.6. The van der Waals surface area contributed by atoms with Crippen LogP contribution in [-0.4, -0.2) is 76.5 Å². The van der Waals surface area contributed by atoms with Crippen molar-refractivity contribution in [1.29, 1.82) is 0 Å². The Morgan fingerprint density at radius 2 is 1.76 bits per heavy atom. The van der Waals surface area contributed by atoms with Crippen LogP contribution in [0.4, 0.5) is 17.6 Å². The highest BCUT2D eigenvalue weighted by Gasteiger charge is 2.48. The summed E-state index contributed by atoms with van der Waals surface area (Å²) in [6, 6.07) is 5.45. The van der Waals surface area contributed by atoms with Crippen LogP contribution in [0.15, 0.2) is 24.3 Å². The number of piperidine rings is 1. The van der Waals surface area contributed by atoms with Gasteiger partial charge in [0.15, 0.2) is 0 Å². The van der Waals surface area contributed by atoms with E-state index >= 15 is 0 Å². The Morgan fingerprint density at radius 1 is 1.04 bits per heavy atom. The van der Waals surface area contributed by atoms with Crippen molar-refractivity contribution in [2.45, 2.75) is 96.8 Å². The number of benzene rings is 1. The molecule has 3 aliphatic rings. The molecule has 0 spiro atoms. The molecule has 0 unspecified atom stereocenters. The number of aromatic nitrogens is 2. The van der Waals surface area contributed by atoms with Gasteiger partial charge in [0.2, 0.25) is 0 Å². The molecule has 248 valence electrons. The number of halogens is 4. The lowest BCUT2D eigenvalue weighted by Crippen LogP contribution is -2.50. The Kier molecular flexibility index (Phi) is 9.93. The molecule has 1 aliphatic carbocycles. The van der Waals surface area contributed by atoms with Crippen molar-refractivity contribution < 1.29 is 36.9 Å². The van der Waals surface area contributed by atoms with Gasteiger partial charge in [0.25, 0.3) is 0 Å². The van der Waals surface area contributed by atoms with Crippen LogP contribution >= 0.6 is 0 Å². The fourth-order valence-corrected chi connectivity index (χ4v) is 7.69. The SMILES string of the molecule is CCn1nc2c(c1C1CCN(C[C@H]3CN([C@@H](C(=O)OOC(=O)C(F)(F)F)C(C)(C)C)C[C@@H]3c3cccc(F)c3)CC1)CCCC2. The van der Waals surface area contributed by atoms with Crippen LogP contribution in [0.3, 0.4) is 0 Å². The van der Waals surface area contributed by atoms with Crippen molar-refractivity contribution >= 4 is 11.9 Å². The van der Waals surface area contributed by atoms with Gasteiger partial charge in [-0.15, -0.1) is 0 Å². The van der Waals surface area contributed by atoms with Gasteiger partial charge in [-0.3, -0.25) is 9.58 Å². The first-order valence-electron chi connectivity index (χ1n) is 16.1. The van der Waals surface area contributed by atoms with Crippen LogP contribution in [0.25, 0.3) is 0 Å². The monoisotopic (exact) mass is 636 g/mol. The van der Waals surface area contributed by atoms with Crippen LogP contribution in [0.2, 0.25) is 0 Å². The average Bonchev–Trinajstić information content (AvgIpc) is 3.56. The first kappa shape index (κ1) is 33.4. The maximum atomic E-state index is 14.4. The normalized spacial score (nSPS) is 22.7. The van der Waals surface area contributed by atoms with Crippen molar-refractivity contribution in [3.63, 3.8) is 0 Å². The minimum Gasteiger partial charge on any atom is -0.303 e. The second-order valence-corrected chi connectivity index (χ2v) is 13.8. The zero-order valence-electron chi connectivity index (χ0n) is 26.5. The number of aryl methyl sites for hydroxylation is 2. The van der Waals surface area contributed by atoms with Gasteiger partial charge in [-0.25, -0.2) is 23.8 Å². The van der Waals surface area contributed by atoms with Crippen molar-refractivity contribution in [3.05, 3.63) is 52.6 Å². The molecule has 5 rings (SSSR count). The largest absolute Gasteiger partial charge is 0.495 e. The number of hydrogen-bond donors (Lipinski definition) is 0. The molecule has 0 amide bonds. The van der Waals surface area contributed by atoms with E-state index in [1.54, 1.807) is 26.8 Å². The molecular formula is C33H44F4N4O4. The number of alkyl halides is 3. The first-order valence-corrected chi connectivity index (χ1v) is 16.1. The van der Waals surface area contributed by atoms with Crippen molar-refractivity contribution in [1.82, 2.24) is 19.6 Å². The number of fused-ring (bicyclic) bond motifs is 1. The quantitative estimate of drug-likeness (QED) is 0.216. The molecule has 3 atom stereocenters. The minimum absolute atomic E-state index is 0.0210. The van der Waals surface area contributed by atoms with Crippen molar-refractivity contribution in [2.24, 2.45) is 11.3 Å². The van der Waals surface area contributed by atoms with Crippen molar-refractivity contribution in [2.75, 3.05) is 32.7 Å². The zero-order valence-corrected chi connectivity index (χ0v) is 26.5. The summed E-state index contributed by atoms with van der Waals surface area (Å²) in [5, 5.41) is 4.94. The van der Waals surface area contributed by atoms with Crippen LogP contribution in [0.5, 0.6) is 0 Å². The number of carbonyl (C=O) groups is 2. The lowest BCUT2D eigenvalue weighted by atomic mass is 9.85. The molecule has 0 N–H and O–H groups in total. The van der Waals surface area contributed by atoms with Gasteiger partial charge >= 0.3 is 18.1 Å². The highest BCUT2D eigenvalue weighted by atomic mass is 19.4. The molecular weight excluding hydrogens is 592 g/mol. The van der Waals surface area contributed by atoms with Crippen LogP contribution < -0.4 is 0 Å². The molecule has 0 bridgehead atoms. The molecule has 8 nitrogen and oxygen atoms in total. The zero-order chi connectivity index (χ0) is 32.5. The predicted molar refractivity (Wildman–Crippen MR) is 159 cm³/mol. The molecule has 2 aromatic rings. The van der Waals surface area contributed by atoms with E-state index in [0.717, 1.165) is 57.4 Å². The Morgan fingerprint density at radius 3 is 2.40 bits per heavy atom. The maximum Gasteiger partial charge on any atom is 0.495 e. The predicted octanol–water partition coefficient (Wildman–Crippen LogP) is 5.79. The first-order chi connectivity index (χ1) is 21.3. The van der Waals surface area contributed by atoms with E-state index in [1.807, 2.05) is 11.0 Å². The topological polar surface area (TPSA) is 76.9 Å². The van der Waals surface area contributed by atoms with E-state index in [0.29, 0.717) is 19.0 Å². The minimum atomic E-state index is -5.29. The van der Waals surface area contributed by atoms with E-state index in [-0.39, 0.29) is 17.7 Å². The third-order valence-corrected chi connectivity index (χ3v) is 9.62. The molecule has 1 aromatic heterocycles. The van der Waals surface area contributed by atoms with Gasteiger partial charge in [-0.2, -0.15) is 18.3 Å². The molecule has 3 heterocycles. The molecule has 2 saturated heterocycles. The Bertz CT molecular complexity index is 1360. The van der Waals surface area contributed by atoms with Gasteiger partial charge < -0.3 is 4.90 Å². The second kappa shape index (κ2) is 13.4. The summed E-state index contributed by atoms with van der Waals surface area (Å²) in [5.74, 6) is -3.67. The summed E-state index contributed by atoms with van der Waals surface area (Å²) >= 11 is 0. The summed E-state index contributed by atoms with van der Waals surface area (Å²) in [5.41, 5.74) is 4.18. The summed E-state index contributed by atoms with van der Waals surface area (Å²) in [4.78, 5) is 37.0. The maximum absolute atomic E-state index is 14.4. The number of rotatable bonds is 7. The van der Waals surface area contributed by atoms with Gasteiger partial charge in [-0.05, 0) is 93.1 Å². The molecule has 45 heavy (non-hydrogen) atoms. The molecule has 0 radical (unpaired) electrons. The molecule has 0 saturated carbocycles. The molecule has 1 aromatic carbocycles. The fraction of sp³-hybridized carbons (Fsp3) is 0.667. The summed E-state index contributed by atoms with van der Waals surface area (Å²) in [7, 11) is 0. The molecule has 12 heteroatoms. The summed E-state index contributed by atoms with van der Waals surface area (Å²) in [6.07, 6.45) is 1.31. The highest BCUT2D eigenvalue weighted by molar-refractivity contribution is 5.79. The lowest BCUT2D eigenvalue weighted by Gasteiger charge is -2.36. The third kappa shape index (κ3) is 7.53. The van der Waals surface area contributed by atoms with Crippen LogP contribution in [0.1, 0.15) is 87.7 Å². The summed E-state index contributed by atoms with van der Waals surface area (Å²) in [6.45, 7) is 11.7. The van der Waals surface area contributed by atoms with Gasteiger partial charge in [0.1, 0.15) is 11.9 Å². The fourth-order valence-electron chi connectivity index (χ4n) is 7.69. The van der Waals surface area contributed by atoms with E-state index in [1.165, 1.54) is 41.9 Å². The van der Waals surface area contributed by atoms with E-state index in [2.05, 4.69) is 26.3 Å². The number of hydrogen-bond acceptors (Lipinski definition) is 7. The molecule has 2 aliphatic heterocycles. The third-order valence-electron chi connectivity index (χ3n) is 9.62. The molecule has 2 fully saturated rings. The lowest BCUT2D eigenvalue weighted by molar-refractivity contribution is -0.289.